The van der Waals surface area contributed by atoms with Crippen LogP contribution in [0.3, 0.4) is 0 Å². The summed E-state index contributed by atoms with van der Waals surface area (Å²) in [5.74, 6) is 1.02. The van der Waals surface area contributed by atoms with Crippen LogP contribution >= 0.6 is 0 Å². The number of benzene rings is 1. The highest BCUT2D eigenvalue weighted by molar-refractivity contribution is 6.61. The van der Waals surface area contributed by atoms with Gasteiger partial charge >= 0.3 is 14.8 Å². The lowest BCUT2D eigenvalue weighted by molar-refractivity contribution is 0.112. The van der Waals surface area contributed by atoms with Crippen molar-refractivity contribution in [3.05, 3.63) is 47.7 Å². The SMILES string of the molecule is O=Cc1ccc(Oc2ccc3c(c2)COB3O)nc1.O[B]O. The van der Waals surface area contributed by atoms with E-state index in [1.54, 1.807) is 30.3 Å². The second kappa shape index (κ2) is 7.71. The van der Waals surface area contributed by atoms with Crippen molar-refractivity contribution in [1.29, 1.82) is 0 Å². The topological polar surface area (TPSA) is 109 Å². The Hall–Kier alpha value is -2.19. The summed E-state index contributed by atoms with van der Waals surface area (Å²) in [6, 6.07) is 8.58. The van der Waals surface area contributed by atoms with Gasteiger partial charge in [-0.15, -0.1) is 0 Å². The Morgan fingerprint density at radius 1 is 1.32 bits per heavy atom. The Morgan fingerprint density at radius 3 is 2.73 bits per heavy atom. The monoisotopic (exact) mass is 300 g/mol. The van der Waals surface area contributed by atoms with Gasteiger partial charge in [-0.3, -0.25) is 4.79 Å². The van der Waals surface area contributed by atoms with Gasteiger partial charge in [0.2, 0.25) is 5.88 Å². The maximum absolute atomic E-state index is 10.5. The van der Waals surface area contributed by atoms with Gasteiger partial charge in [0, 0.05) is 17.8 Å². The van der Waals surface area contributed by atoms with E-state index in [2.05, 4.69) is 4.98 Å². The quantitative estimate of drug-likeness (QED) is 0.513. The summed E-state index contributed by atoms with van der Waals surface area (Å²) in [7, 11) is -0.853. The summed E-state index contributed by atoms with van der Waals surface area (Å²) in [6.07, 6.45) is 2.17. The van der Waals surface area contributed by atoms with Gasteiger partial charge in [-0.2, -0.15) is 0 Å². The van der Waals surface area contributed by atoms with Gasteiger partial charge < -0.3 is 24.5 Å². The van der Waals surface area contributed by atoms with Gasteiger partial charge in [-0.1, -0.05) is 6.07 Å². The highest BCUT2D eigenvalue weighted by Gasteiger charge is 2.27. The fourth-order valence-corrected chi connectivity index (χ4v) is 1.91. The van der Waals surface area contributed by atoms with Gasteiger partial charge in [0.1, 0.15) is 5.75 Å². The lowest BCUT2D eigenvalue weighted by Gasteiger charge is -2.06. The van der Waals surface area contributed by atoms with E-state index in [0.29, 0.717) is 23.8 Å². The third kappa shape index (κ3) is 3.92. The number of carbonyl (C=O) groups is 1. The largest absolute Gasteiger partial charge is 0.491 e. The molecular weight excluding hydrogens is 288 g/mol. The molecule has 22 heavy (non-hydrogen) atoms. The molecule has 0 aliphatic carbocycles. The minimum Gasteiger partial charge on any atom is -0.439 e. The predicted molar refractivity (Wildman–Crippen MR) is 78.7 cm³/mol. The van der Waals surface area contributed by atoms with E-state index in [0.717, 1.165) is 17.3 Å². The van der Waals surface area contributed by atoms with Crippen LogP contribution in [-0.4, -0.2) is 41.1 Å². The number of rotatable bonds is 3. The Balaban J connectivity index is 0.000000545. The average Bonchev–Trinajstić information content (AvgIpc) is 2.90. The average molecular weight is 300 g/mol. The number of fused-ring (bicyclic) bond motifs is 1. The van der Waals surface area contributed by atoms with E-state index in [1.807, 2.05) is 0 Å². The number of pyridine rings is 1. The van der Waals surface area contributed by atoms with Crippen molar-refractivity contribution in [2.75, 3.05) is 0 Å². The third-order valence-electron chi connectivity index (χ3n) is 2.89. The normalized spacial score (nSPS) is 12.0. The molecule has 9 heteroatoms. The molecule has 0 bridgehead atoms. The minimum atomic E-state index is -0.853. The van der Waals surface area contributed by atoms with E-state index < -0.39 is 7.12 Å². The lowest BCUT2D eigenvalue weighted by Crippen LogP contribution is -2.27. The smallest absolute Gasteiger partial charge is 0.439 e. The van der Waals surface area contributed by atoms with Crippen LogP contribution < -0.4 is 10.2 Å². The van der Waals surface area contributed by atoms with Crippen LogP contribution in [-0.2, 0) is 11.3 Å². The molecule has 2 heterocycles. The second-order valence-corrected chi connectivity index (χ2v) is 4.29. The molecule has 0 saturated carbocycles. The summed E-state index contributed by atoms with van der Waals surface area (Å²) >= 11 is 0. The Kier molecular flexibility index (Phi) is 5.68. The maximum atomic E-state index is 10.5. The van der Waals surface area contributed by atoms with Gasteiger partial charge in [0.25, 0.3) is 0 Å². The van der Waals surface area contributed by atoms with E-state index >= 15 is 0 Å². The molecule has 1 aliphatic rings. The first kappa shape index (κ1) is 16.2. The molecule has 0 spiro atoms. The van der Waals surface area contributed by atoms with E-state index in [-0.39, 0.29) is 7.69 Å². The standard InChI is InChI=1S/C13H10BNO4.BH2O2/c16-7-9-1-4-13(15-6-9)19-11-2-3-12-10(5-11)8-18-14(12)17;2-1-3/h1-7,17H,8H2;2-3H. The molecule has 1 aromatic carbocycles. The Morgan fingerprint density at radius 2 is 2.09 bits per heavy atom. The molecule has 0 atom stereocenters. The molecule has 3 N–H and O–H groups in total. The fourth-order valence-electron chi connectivity index (χ4n) is 1.91. The van der Waals surface area contributed by atoms with Crippen molar-refractivity contribution in [2.24, 2.45) is 0 Å². The summed E-state index contributed by atoms with van der Waals surface area (Å²) in [5, 5.41) is 23.5. The number of aldehydes is 1. The van der Waals surface area contributed by atoms with Crippen molar-refractivity contribution < 1.29 is 29.3 Å². The first-order valence-corrected chi connectivity index (χ1v) is 6.29. The minimum absolute atomic E-state index is 0. The number of ether oxygens (including phenoxy) is 1. The summed E-state index contributed by atoms with van der Waals surface area (Å²) < 4.78 is 10.7. The Bertz CT molecular complexity index is 637. The van der Waals surface area contributed by atoms with Crippen LogP contribution in [0.1, 0.15) is 15.9 Å². The highest BCUT2D eigenvalue weighted by Crippen LogP contribution is 2.22. The number of hydrogen-bond donors (Lipinski definition) is 3. The zero-order chi connectivity index (χ0) is 15.9. The van der Waals surface area contributed by atoms with E-state index in [1.165, 1.54) is 6.20 Å². The van der Waals surface area contributed by atoms with Crippen molar-refractivity contribution in [2.45, 2.75) is 6.61 Å². The fraction of sp³-hybridized carbons (Fsp3) is 0.0769. The molecule has 1 aromatic heterocycles. The molecular formula is C13H12B2NO6. The molecule has 2 aromatic rings. The maximum Gasteiger partial charge on any atom is 0.491 e. The highest BCUT2D eigenvalue weighted by atomic mass is 16.5. The number of hydrogen-bond acceptors (Lipinski definition) is 7. The number of carbonyl (C=O) groups excluding carboxylic acids is 1. The van der Waals surface area contributed by atoms with Crippen LogP contribution in [0.15, 0.2) is 36.5 Å². The molecule has 1 radical (unpaired) electrons. The second-order valence-electron chi connectivity index (χ2n) is 4.29. The predicted octanol–water partition coefficient (Wildman–Crippen LogP) is -0.591. The molecule has 3 rings (SSSR count). The van der Waals surface area contributed by atoms with Crippen LogP contribution in [0, 0.1) is 0 Å². The van der Waals surface area contributed by atoms with Gasteiger partial charge in [0.05, 0.1) is 6.61 Å². The first-order chi connectivity index (χ1) is 10.7. The summed E-state index contributed by atoms with van der Waals surface area (Å²) in [6.45, 7) is 0.366. The van der Waals surface area contributed by atoms with Crippen molar-refractivity contribution in [3.8, 4) is 11.6 Å². The van der Waals surface area contributed by atoms with Crippen molar-refractivity contribution in [1.82, 2.24) is 4.98 Å². The van der Waals surface area contributed by atoms with Crippen LogP contribution in [0.2, 0.25) is 0 Å². The zero-order valence-corrected chi connectivity index (χ0v) is 11.4. The summed E-state index contributed by atoms with van der Waals surface area (Å²) in [4.78, 5) is 14.5. The molecule has 7 nitrogen and oxygen atoms in total. The zero-order valence-electron chi connectivity index (χ0n) is 11.4. The molecule has 111 valence electrons. The molecule has 0 fully saturated rings. The molecule has 0 amide bonds. The summed E-state index contributed by atoms with van der Waals surface area (Å²) in [5.41, 5.74) is 2.16. The number of aromatic nitrogens is 1. The van der Waals surface area contributed by atoms with Gasteiger partial charge in [-0.25, -0.2) is 4.98 Å². The van der Waals surface area contributed by atoms with E-state index in [9.17, 15) is 9.82 Å². The van der Waals surface area contributed by atoms with Crippen LogP contribution in [0.4, 0.5) is 0 Å². The molecule has 1 aliphatic heterocycles. The van der Waals surface area contributed by atoms with E-state index in [4.69, 9.17) is 19.4 Å². The van der Waals surface area contributed by atoms with Gasteiger partial charge in [-0.05, 0) is 29.2 Å². The lowest BCUT2D eigenvalue weighted by atomic mass is 9.80. The third-order valence-corrected chi connectivity index (χ3v) is 2.89. The Labute approximate surface area is 127 Å². The van der Waals surface area contributed by atoms with Crippen molar-refractivity contribution in [3.63, 3.8) is 0 Å². The first-order valence-electron chi connectivity index (χ1n) is 6.29. The van der Waals surface area contributed by atoms with Crippen LogP contribution in [0.25, 0.3) is 0 Å². The van der Waals surface area contributed by atoms with Crippen LogP contribution in [0.5, 0.6) is 11.6 Å². The molecule has 0 saturated heterocycles. The van der Waals surface area contributed by atoms with Crippen molar-refractivity contribution >= 4 is 26.6 Å². The van der Waals surface area contributed by atoms with Gasteiger partial charge in [0.15, 0.2) is 6.29 Å². The number of nitrogens with zero attached hydrogens (tertiary/aromatic N) is 1. The molecule has 0 unspecified atom stereocenters.